The van der Waals surface area contributed by atoms with Crippen molar-refractivity contribution in [2.45, 2.75) is 18.2 Å². The van der Waals surface area contributed by atoms with E-state index in [2.05, 4.69) is 36.7 Å². The first-order valence-electron chi connectivity index (χ1n) is 9.38. The van der Waals surface area contributed by atoms with Gasteiger partial charge >= 0.3 is 0 Å². The van der Waals surface area contributed by atoms with E-state index in [1.165, 1.54) is 11.0 Å². The lowest BCUT2D eigenvalue weighted by molar-refractivity contribution is 0.631. The molecule has 0 aliphatic carbocycles. The molecule has 140 valence electrons. The predicted molar refractivity (Wildman–Crippen MR) is 116 cm³/mol. The van der Waals surface area contributed by atoms with Gasteiger partial charge in [-0.1, -0.05) is 49.4 Å². The van der Waals surface area contributed by atoms with Gasteiger partial charge in [0.2, 0.25) is 0 Å². The van der Waals surface area contributed by atoms with E-state index in [0.29, 0.717) is 5.56 Å². The zero-order valence-corrected chi connectivity index (χ0v) is 16.5. The van der Waals surface area contributed by atoms with Crippen molar-refractivity contribution in [3.8, 4) is 11.1 Å². The number of rotatable bonds is 5. The number of hydrogen-bond acceptors (Lipinski definition) is 3. The second-order valence-electron chi connectivity index (χ2n) is 6.64. The molecule has 0 bridgehead atoms. The molecule has 0 fully saturated rings. The molecular formula is C24H21FN2S. The minimum absolute atomic E-state index is 0.109. The highest BCUT2D eigenvalue weighted by Crippen LogP contribution is 2.36. The fourth-order valence-corrected chi connectivity index (χ4v) is 4.32. The smallest absolute Gasteiger partial charge is 0.131 e. The van der Waals surface area contributed by atoms with Gasteiger partial charge in [0.1, 0.15) is 5.82 Å². The molecule has 4 heteroatoms. The quantitative estimate of drug-likeness (QED) is 0.369. The summed E-state index contributed by atoms with van der Waals surface area (Å²) < 4.78 is 14.2. The molecule has 1 aliphatic heterocycles. The van der Waals surface area contributed by atoms with Crippen LogP contribution in [0.15, 0.2) is 83.3 Å². The molecule has 1 unspecified atom stereocenters. The topological polar surface area (TPSA) is 25.2 Å². The number of pyridine rings is 1. The number of benzene rings is 2. The molecule has 0 radical (unpaired) electrons. The van der Waals surface area contributed by atoms with E-state index in [0.717, 1.165) is 40.4 Å². The third kappa shape index (κ3) is 3.52. The largest absolute Gasteiger partial charge is 0.258 e. The van der Waals surface area contributed by atoms with Crippen LogP contribution in [0.4, 0.5) is 10.1 Å². The fraction of sp³-hybridized carbons (Fsp3) is 0.167. The minimum Gasteiger partial charge on any atom is -0.258 e. The van der Waals surface area contributed by atoms with Crippen LogP contribution in [0.1, 0.15) is 18.2 Å². The second kappa shape index (κ2) is 8.11. The van der Waals surface area contributed by atoms with Crippen LogP contribution in [-0.2, 0) is 6.42 Å². The molecule has 4 rings (SSSR count). The van der Waals surface area contributed by atoms with E-state index in [9.17, 15) is 4.39 Å². The Morgan fingerprint density at radius 1 is 1.14 bits per heavy atom. The number of aliphatic imine (C=N–C) groups is 1. The summed E-state index contributed by atoms with van der Waals surface area (Å²) in [6.45, 7) is 6.17. The maximum atomic E-state index is 14.2. The van der Waals surface area contributed by atoms with Gasteiger partial charge in [0.05, 0.1) is 17.1 Å². The minimum atomic E-state index is -0.252. The van der Waals surface area contributed by atoms with Gasteiger partial charge in [-0.2, -0.15) is 0 Å². The molecule has 0 saturated heterocycles. The second-order valence-corrected chi connectivity index (χ2v) is 7.95. The van der Waals surface area contributed by atoms with Crippen LogP contribution in [0.2, 0.25) is 0 Å². The Morgan fingerprint density at radius 2 is 1.89 bits per heavy atom. The van der Waals surface area contributed by atoms with Gasteiger partial charge in [-0.15, -0.1) is 18.3 Å². The Hall–Kier alpha value is -2.72. The summed E-state index contributed by atoms with van der Waals surface area (Å²) >= 11 is 1.81. The van der Waals surface area contributed by atoms with E-state index < -0.39 is 0 Å². The van der Waals surface area contributed by atoms with Gasteiger partial charge in [0.15, 0.2) is 0 Å². The van der Waals surface area contributed by atoms with E-state index in [-0.39, 0.29) is 11.7 Å². The lowest BCUT2D eigenvalue weighted by Gasteiger charge is -2.24. The first-order chi connectivity index (χ1) is 13.7. The maximum absolute atomic E-state index is 14.2. The van der Waals surface area contributed by atoms with Crippen LogP contribution < -0.4 is 0 Å². The summed E-state index contributed by atoms with van der Waals surface area (Å²) in [4.78, 5) is 10.8. The Balaban J connectivity index is 1.83. The van der Waals surface area contributed by atoms with E-state index >= 15 is 0 Å². The van der Waals surface area contributed by atoms with Gasteiger partial charge < -0.3 is 0 Å². The summed E-state index contributed by atoms with van der Waals surface area (Å²) in [7, 11) is 0. The number of aromatic nitrogens is 1. The first kappa shape index (κ1) is 18.6. The van der Waals surface area contributed by atoms with Crippen LogP contribution in [-0.4, -0.2) is 16.4 Å². The van der Waals surface area contributed by atoms with Crippen LogP contribution in [0, 0.1) is 11.7 Å². The van der Waals surface area contributed by atoms with Crippen LogP contribution in [0.3, 0.4) is 0 Å². The van der Waals surface area contributed by atoms with Crippen molar-refractivity contribution in [2.24, 2.45) is 10.9 Å². The van der Waals surface area contributed by atoms with E-state index in [1.807, 2.05) is 36.0 Å². The van der Waals surface area contributed by atoms with Crippen molar-refractivity contribution in [1.82, 2.24) is 4.98 Å². The van der Waals surface area contributed by atoms with Crippen LogP contribution >= 0.6 is 11.8 Å². The highest BCUT2D eigenvalue weighted by Gasteiger charge is 2.25. The van der Waals surface area contributed by atoms with Gasteiger partial charge in [-0.3, -0.25) is 9.98 Å². The number of allylic oxidation sites excluding steroid dienone is 1. The van der Waals surface area contributed by atoms with Crippen LogP contribution in [0.25, 0.3) is 11.1 Å². The van der Waals surface area contributed by atoms with Crippen molar-refractivity contribution in [3.63, 3.8) is 0 Å². The number of fused-ring (bicyclic) bond motifs is 1. The molecule has 2 aromatic carbocycles. The van der Waals surface area contributed by atoms with Gasteiger partial charge in [-0.05, 0) is 24.0 Å². The molecule has 1 aromatic heterocycles. The molecule has 28 heavy (non-hydrogen) atoms. The zero-order chi connectivity index (χ0) is 19.5. The van der Waals surface area contributed by atoms with Crippen molar-refractivity contribution in [1.29, 1.82) is 0 Å². The fourth-order valence-electron chi connectivity index (χ4n) is 3.51. The highest BCUT2D eigenvalue weighted by molar-refractivity contribution is 7.99. The Labute approximate surface area is 169 Å². The number of halogens is 1. The molecule has 2 heterocycles. The standard InChI is InChI=1S/C24H21FN2S/c1-3-16-13-21-22(14-17(15-26-21)18-9-5-7-11-20(18)25)27-24(16)19-10-6-8-12-23(19)28-4-2/h3,5-12,14-16H,1,4,13H2,2H3. The van der Waals surface area contributed by atoms with Gasteiger partial charge in [0.25, 0.3) is 0 Å². The monoisotopic (exact) mass is 388 g/mol. The molecule has 3 aromatic rings. The molecule has 2 nitrogen and oxygen atoms in total. The summed E-state index contributed by atoms with van der Waals surface area (Å²) in [6, 6.07) is 17.1. The first-order valence-corrected chi connectivity index (χ1v) is 10.4. The molecule has 0 amide bonds. The van der Waals surface area contributed by atoms with Gasteiger partial charge in [-0.25, -0.2) is 4.39 Å². The normalized spacial score (nSPS) is 15.6. The van der Waals surface area contributed by atoms with Crippen molar-refractivity contribution in [2.75, 3.05) is 5.75 Å². The summed E-state index contributed by atoms with van der Waals surface area (Å²) in [5, 5.41) is 0. The van der Waals surface area contributed by atoms with Gasteiger partial charge in [0, 0.05) is 40.1 Å². The van der Waals surface area contributed by atoms with Crippen molar-refractivity contribution in [3.05, 3.63) is 90.5 Å². The average molecular weight is 389 g/mol. The van der Waals surface area contributed by atoms with E-state index in [4.69, 9.17) is 4.99 Å². The SMILES string of the molecule is C=CC1Cc2ncc(-c3ccccc3F)cc2N=C1c1ccccc1SCC. The molecule has 0 N–H and O–H groups in total. The Morgan fingerprint density at radius 3 is 2.64 bits per heavy atom. The summed E-state index contributed by atoms with van der Waals surface area (Å²) in [5.74, 6) is 0.856. The van der Waals surface area contributed by atoms with Crippen molar-refractivity contribution < 1.29 is 4.39 Å². The Bertz CT molecular complexity index is 1060. The molecular weight excluding hydrogens is 367 g/mol. The molecule has 1 aliphatic rings. The molecule has 1 atom stereocenters. The number of thioether (sulfide) groups is 1. The predicted octanol–water partition coefficient (Wildman–Crippen LogP) is 6.48. The third-order valence-electron chi connectivity index (χ3n) is 4.88. The van der Waals surface area contributed by atoms with Crippen molar-refractivity contribution >= 4 is 23.2 Å². The van der Waals surface area contributed by atoms with E-state index in [1.54, 1.807) is 18.3 Å². The zero-order valence-electron chi connectivity index (χ0n) is 15.7. The summed E-state index contributed by atoms with van der Waals surface area (Å²) in [5.41, 5.74) is 5.17. The Kier molecular flexibility index (Phi) is 5.40. The number of hydrogen-bond donors (Lipinski definition) is 0. The lowest BCUT2D eigenvalue weighted by atomic mass is 9.89. The molecule has 0 spiro atoms. The van der Waals surface area contributed by atoms with Crippen LogP contribution in [0.5, 0.6) is 0 Å². The lowest BCUT2D eigenvalue weighted by Crippen LogP contribution is -2.21. The third-order valence-corrected chi connectivity index (χ3v) is 5.84. The number of nitrogens with zero attached hydrogens (tertiary/aromatic N) is 2. The highest BCUT2D eigenvalue weighted by atomic mass is 32.2. The maximum Gasteiger partial charge on any atom is 0.131 e. The average Bonchev–Trinajstić information content (AvgIpc) is 2.73. The summed E-state index contributed by atoms with van der Waals surface area (Å²) in [6.07, 6.45) is 4.43. The molecule has 0 saturated carbocycles.